The summed E-state index contributed by atoms with van der Waals surface area (Å²) in [7, 11) is 0.410. The molecule has 1 aliphatic heterocycles. The number of fused-ring (bicyclic) bond motifs is 1. The molecule has 0 bridgehead atoms. The van der Waals surface area contributed by atoms with Crippen molar-refractivity contribution in [3.63, 3.8) is 0 Å². The topological polar surface area (TPSA) is 61.4 Å². The number of benzene rings is 1. The van der Waals surface area contributed by atoms with Crippen LogP contribution in [-0.2, 0) is 10.0 Å². The van der Waals surface area contributed by atoms with E-state index >= 15 is 0 Å². The second kappa shape index (κ2) is 5.83. The Kier molecular flexibility index (Phi) is 4.18. The minimum absolute atomic E-state index is 0.275. The normalized spacial score (nSPS) is 28.4. The maximum absolute atomic E-state index is 12.8. The predicted molar refractivity (Wildman–Crippen MR) is 88.7 cm³/mol. The van der Waals surface area contributed by atoms with Crippen molar-refractivity contribution >= 4 is 15.7 Å². The molecule has 0 spiro atoms. The maximum atomic E-state index is 12.8. The van der Waals surface area contributed by atoms with Crippen LogP contribution in [-0.4, -0.2) is 40.6 Å². The van der Waals surface area contributed by atoms with E-state index in [1.165, 1.54) is 6.42 Å². The first-order valence-corrected chi connectivity index (χ1v) is 9.46. The van der Waals surface area contributed by atoms with Gasteiger partial charge in [-0.25, -0.2) is 13.1 Å². The lowest BCUT2D eigenvalue weighted by Crippen LogP contribution is -2.57. The quantitative estimate of drug-likeness (QED) is 0.885. The molecule has 1 aliphatic carbocycles. The van der Waals surface area contributed by atoms with Crippen molar-refractivity contribution in [2.24, 2.45) is 0 Å². The molecule has 2 fully saturated rings. The SMILES string of the molecule is CN(C)c1ccc(S(=O)(=O)NC23CCCCC2NCC3)cc1. The fraction of sp³-hybridized carbons (Fsp3) is 0.625. The van der Waals surface area contributed by atoms with Gasteiger partial charge >= 0.3 is 0 Å². The van der Waals surface area contributed by atoms with E-state index in [0.29, 0.717) is 4.90 Å². The fourth-order valence-corrected chi connectivity index (χ4v) is 5.22. The highest BCUT2D eigenvalue weighted by molar-refractivity contribution is 7.89. The lowest BCUT2D eigenvalue weighted by molar-refractivity contribution is 0.247. The Bertz CT molecular complexity index is 627. The number of anilines is 1. The molecule has 1 aromatic rings. The van der Waals surface area contributed by atoms with Crippen LogP contribution in [0.4, 0.5) is 5.69 Å². The lowest BCUT2D eigenvalue weighted by Gasteiger charge is -2.39. The van der Waals surface area contributed by atoms with Crippen LogP contribution in [0.2, 0.25) is 0 Å². The molecule has 0 amide bonds. The summed E-state index contributed by atoms with van der Waals surface area (Å²) in [6.45, 7) is 0.896. The van der Waals surface area contributed by atoms with Gasteiger partial charge in [-0.3, -0.25) is 0 Å². The first-order chi connectivity index (χ1) is 10.4. The van der Waals surface area contributed by atoms with Crippen molar-refractivity contribution in [1.29, 1.82) is 0 Å². The summed E-state index contributed by atoms with van der Waals surface area (Å²) in [4.78, 5) is 2.31. The third kappa shape index (κ3) is 2.87. The minimum Gasteiger partial charge on any atom is -0.378 e. The number of nitrogens with one attached hydrogen (secondary N) is 2. The van der Waals surface area contributed by atoms with E-state index in [-0.39, 0.29) is 11.6 Å². The summed E-state index contributed by atoms with van der Waals surface area (Å²) in [6.07, 6.45) is 5.15. The molecule has 0 radical (unpaired) electrons. The highest BCUT2D eigenvalue weighted by atomic mass is 32.2. The van der Waals surface area contributed by atoms with Gasteiger partial charge < -0.3 is 10.2 Å². The summed E-state index contributed by atoms with van der Waals surface area (Å²) >= 11 is 0. The summed E-state index contributed by atoms with van der Waals surface area (Å²) < 4.78 is 28.6. The lowest BCUT2D eigenvalue weighted by atomic mass is 9.79. The van der Waals surface area contributed by atoms with Gasteiger partial charge in [0.15, 0.2) is 0 Å². The molecule has 3 rings (SSSR count). The van der Waals surface area contributed by atoms with Crippen LogP contribution in [0.25, 0.3) is 0 Å². The van der Waals surface area contributed by atoms with Crippen LogP contribution >= 0.6 is 0 Å². The number of hydrogen-bond donors (Lipinski definition) is 2. The van der Waals surface area contributed by atoms with E-state index in [2.05, 4.69) is 10.0 Å². The molecule has 2 unspecified atom stereocenters. The Morgan fingerprint density at radius 2 is 1.91 bits per heavy atom. The second-order valence-corrected chi connectivity index (χ2v) is 8.33. The number of nitrogens with zero attached hydrogens (tertiary/aromatic N) is 1. The second-order valence-electron chi connectivity index (χ2n) is 6.65. The van der Waals surface area contributed by atoms with Crippen molar-refractivity contribution in [2.45, 2.75) is 48.6 Å². The number of rotatable bonds is 4. The highest BCUT2D eigenvalue weighted by Gasteiger charge is 2.46. The Morgan fingerprint density at radius 3 is 2.59 bits per heavy atom. The first-order valence-electron chi connectivity index (χ1n) is 7.98. The first kappa shape index (κ1) is 15.8. The third-order valence-electron chi connectivity index (χ3n) is 5.00. The zero-order valence-electron chi connectivity index (χ0n) is 13.3. The average molecular weight is 323 g/mol. The van der Waals surface area contributed by atoms with E-state index < -0.39 is 10.0 Å². The van der Waals surface area contributed by atoms with Crippen molar-refractivity contribution < 1.29 is 8.42 Å². The van der Waals surface area contributed by atoms with Crippen molar-refractivity contribution in [2.75, 3.05) is 25.5 Å². The van der Waals surface area contributed by atoms with Crippen molar-refractivity contribution in [3.05, 3.63) is 24.3 Å². The van der Waals surface area contributed by atoms with Crippen LogP contribution in [0.3, 0.4) is 0 Å². The van der Waals surface area contributed by atoms with Gasteiger partial charge in [0.2, 0.25) is 10.0 Å². The molecule has 122 valence electrons. The van der Waals surface area contributed by atoms with E-state index in [9.17, 15) is 8.42 Å². The molecule has 0 aromatic heterocycles. The van der Waals surface area contributed by atoms with Gasteiger partial charge in [-0.2, -0.15) is 0 Å². The molecule has 1 aromatic carbocycles. The molecule has 2 N–H and O–H groups in total. The van der Waals surface area contributed by atoms with E-state index in [4.69, 9.17) is 0 Å². The standard InChI is InChI=1S/C16H25N3O2S/c1-19(2)13-6-8-14(9-7-13)22(20,21)18-16-10-4-3-5-15(16)17-12-11-16/h6-9,15,17-18H,3-5,10-12H2,1-2H3. The fourth-order valence-electron chi connectivity index (χ4n) is 3.73. The summed E-state index contributed by atoms with van der Waals surface area (Å²) in [5, 5.41) is 3.46. The molecule has 1 saturated heterocycles. The van der Waals surface area contributed by atoms with Crippen LogP contribution in [0.1, 0.15) is 32.1 Å². The van der Waals surface area contributed by atoms with Crippen LogP contribution < -0.4 is 14.9 Å². The molecule has 1 saturated carbocycles. The van der Waals surface area contributed by atoms with Crippen LogP contribution in [0.5, 0.6) is 0 Å². The Balaban J connectivity index is 1.83. The van der Waals surface area contributed by atoms with E-state index in [1.807, 2.05) is 31.1 Å². The molecular weight excluding hydrogens is 298 g/mol. The molecule has 6 heteroatoms. The Morgan fingerprint density at radius 1 is 1.18 bits per heavy atom. The predicted octanol–water partition coefficient (Wildman–Crippen LogP) is 1.71. The van der Waals surface area contributed by atoms with Crippen LogP contribution in [0, 0.1) is 0 Å². The van der Waals surface area contributed by atoms with Gasteiger partial charge in [0.25, 0.3) is 0 Å². The van der Waals surface area contributed by atoms with E-state index in [0.717, 1.165) is 37.9 Å². The molecule has 22 heavy (non-hydrogen) atoms. The van der Waals surface area contributed by atoms with Crippen LogP contribution in [0.15, 0.2) is 29.2 Å². The summed E-state index contributed by atoms with van der Waals surface area (Å²) in [6, 6.07) is 7.34. The van der Waals surface area contributed by atoms with Gasteiger partial charge in [0, 0.05) is 31.4 Å². The highest BCUT2D eigenvalue weighted by Crippen LogP contribution is 2.36. The molecule has 2 atom stereocenters. The van der Waals surface area contributed by atoms with Gasteiger partial charge in [0.05, 0.1) is 4.90 Å². The zero-order chi connectivity index (χ0) is 15.8. The number of hydrogen-bond acceptors (Lipinski definition) is 4. The summed E-state index contributed by atoms with van der Waals surface area (Å²) in [5.41, 5.74) is 0.701. The zero-order valence-corrected chi connectivity index (χ0v) is 14.1. The Labute approximate surface area is 133 Å². The third-order valence-corrected chi connectivity index (χ3v) is 6.56. The summed E-state index contributed by atoms with van der Waals surface area (Å²) in [5.74, 6) is 0. The van der Waals surface area contributed by atoms with Crippen molar-refractivity contribution in [3.8, 4) is 0 Å². The largest absolute Gasteiger partial charge is 0.378 e. The molecular formula is C16H25N3O2S. The average Bonchev–Trinajstić information content (AvgIpc) is 2.89. The smallest absolute Gasteiger partial charge is 0.241 e. The molecule has 5 nitrogen and oxygen atoms in total. The monoisotopic (exact) mass is 323 g/mol. The molecule has 1 heterocycles. The van der Waals surface area contributed by atoms with Crippen molar-refractivity contribution in [1.82, 2.24) is 10.0 Å². The van der Waals surface area contributed by atoms with E-state index in [1.54, 1.807) is 12.1 Å². The Hall–Kier alpha value is -1.11. The van der Waals surface area contributed by atoms with Gasteiger partial charge in [-0.05, 0) is 50.1 Å². The van der Waals surface area contributed by atoms with Gasteiger partial charge in [-0.1, -0.05) is 12.8 Å². The maximum Gasteiger partial charge on any atom is 0.241 e. The number of sulfonamides is 1. The molecule has 2 aliphatic rings. The minimum atomic E-state index is -3.47. The van der Waals surface area contributed by atoms with Gasteiger partial charge in [-0.15, -0.1) is 0 Å². The van der Waals surface area contributed by atoms with Gasteiger partial charge in [0.1, 0.15) is 0 Å².